The Morgan fingerprint density at radius 2 is 1.87 bits per heavy atom. The van der Waals surface area contributed by atoms with Crippen LogP contribution in [0.15, 0.2) is 30.5 Å². The number of thiophene rings is 1. The van der Waals surface area contributed by atoms with Gasteiger partial charge < -0.3 is 23.5 Å². The molecule has 0 fully saturated rings. The second-order valence-corrected chi connectivity index (χ2v) is 10.9. The van der Waals surface area contributed by atoms with Crippen LogP contribution in [0.4, 0.5) is 5.69 Å². The molecule has 0 N–H and O–H groups in total. The summed E-state index contributed by atoms with van der Waals surface area (Å²) in [6, 6.07) is 6.60. The Labute approximate surface area is 231 Å². The number of carbonyl (C=O) groups excluding carboxylic acids is 1. The number of rotatable bonds is 6. The van der Waals surface area contributed by atoms with Crippen LogP contribution >= 0.6 is 34.5 Å². The molecular formula is C25H21Cl2N5O5S. The number of nitrogens with zero attached hydrogens (tertiary/aromatic N) is 5. The van der Waals surface area contributed by atoms with E-state index in [2.05, 4.69) is 9.97 Å². The smallest absolute Gasteiger partial charge is 0.319 e. The van der Waals surface area contributed by atoms with Crippen LogP contribution in [0.3, 0.4) is 0 Å². The number of ether oxygens (including phenoxy) is 4. The fourth-order valence-electron chi connectivity index (χ4n) is 4.77. The zero-order valence-electron chi connectivity index (χ0n) is 20.7. The summed E-state index contributed by atoms with van der Waals surface area (Å²) in [5.74, 6) is 1.50. The Kier molecular flexibility index (Phi) is 6.09. The van der Waals surface area contributed by atoms with Crippen molar-refractivity contribution in [2.45, 2.75) is 25.9 Å². The van der Waals surface area contributed by atoms with Gasteiger partial charge in [0.1, 0.15) is 11.9 Å². The van der Waals surface area contributed by atoms with Crippen molar-refractivity contribution in [3.05, 3.63) is 56.1 Å². The molecule has 3 aromatic heterocycles. The SMILES string of the molecule is COc1ncc(-c2nc3c(n2C(C)C)[C@@H](c2ccc(Cl)s2)N(c2cc4c(cc2Cl)OCO4)C3=O)c(OC)n1. The lowest BCUT2D eigenvalue weighted by Crippen LogP contribution is -2.30. The molecular weight excluding hydrogens is 553 g/mol. The number of amides is 1. The predicted octanol–water partition coefficient (Wildman–Crippen LogP) is 5.79. The molecule has 10 nitrogen and oxygen atoms in total. The molecule has 2 aliphatic rings. The van der Waals surface area contributed by atoms with Crippen LogP contribution in [-0.2, 0) is 0 Å². The summed E-state index contributed by atoms with van der Waals surface area (Å²) >= 11 is 14.4. The van der Waals surface area contributed by atoms with Gasteiger partial charge >= 0.3 is 6.01 Å². The Bertz CT molecular complexity index is 1590. The van der Waals surface area contributed by atoms with E-state index >= 15 is 0 Å². The number of hydrogen-bond acceptors (Lipinski definition) is 9. The Morgan fingerprint density at radius 3 is 2.53 bits per heavy atom. The van der Waals surface area contributed by atoms with Crippen molar-refractivity contribution in [3.63, 3.8) is 0 Å². The number of benzene rings is 1. The van der Waals surface area contributed by atoms with Crippen molar-refractivity contribution in [3.8, 4) is 34.8 Å². The fourth-order valence-corrected chi connectivity index (χ4v) is 6.17. The predicted molar refractivity (Wildman–Crippen MR) is 142 cm³/mol. The van der Waals surface area contributed by atoms with E-state index in [1.54, 1.807) is 29.3 Å². The van der Waals surface area contributed by atoms with Crippen LogP contribution < -0.4 is 23.8 Å². The number of aromatic nitrogens is 4. The van der Waals surface area contributed by atoms with Crippen LogP contribution in [-0.4, -0.2) is 46.4 Å². The van der Waals surface area contributed by atoms with Gasteiger partial charge in [0.25, 0.3) is 5.91 Å². The third kappa shape index (κ3) is 3.76. The van der Waals surface area contributed by atoms with Gasteiger partial charge in [-0.15, -0.1) is 11.3 Å². The molecule has 0 aliphatic carbocycles. The number of anilines is 1. The first-order chi connectivity index (χ1) is 18.3. The van der Waals surface area contributed by atoms with E-state index < -0.39 is 6.04 Å². The van der Waals surface area contributed by atoms with Gasteiger partial charge in [-0.3, -0.25) is 9.69 Å². The van der Waals surface area contributed by atoms with Crippen molar-refractivity contribution >= 4 is 46.1 Å². The summed E-state index contributed by atoms with van der Waals surface area (Å²) in [4.78, 5) is 30.0. The first-order valence-electron chi connectivity index (χ1n) is 11.6. The van der Waals surface area contributed by atoms with Crippen LogP contribution in [0.1, 0.15) is 47.0 Å². The number of hydrogen-bond donors (Lipinski definition) is 0. The lowest BCUT2D eigenvalue weighted by molar-refractivity contribution is 0.0989. The third-order valence-electron chi connectivity index (χ3n) is 6.32. The average Bonchev–Trinajstić information content (AvgIpc) is 3.67. The van der Waals surface area contributed by atoms with Gasteiger partial charge in [-0.25, -0.2) is 9.97 Å². The highest BCUT2D eigenvalue weighted by Gasteiger charge is 2.46. The molecule has 6 rings (SSSR count). The zero-order chi connectivity index (χ0) is 26.7. The highest BCUT2D eigenvalue weighted by atomic mass is 35.5. The molecule has 0 radical (unpaired) electrons. The number of halogens is 2. The number of fused-ring (bicyclic) bond motifs is 2. The summed E-state index contributed by atoms with van der Waals surface area (Å²) in [6.45, 7) is 4.12. The van der Waals surface area contributed by atoms with E-state index in [1.807, 2.05) is 24.5 Å². The quantitative estimate of drug-likeness (QED) is 0.286. The average molecular weight is 574 g/mol. The van der Waals surface area contributed by atoms with Crippen LogP contribution in [0.2, 0.25) is 9.36 Å². The standard InChI is InChI=1S/C25H21Cl2N5O5S/c1-11(2)31-21-19(29-22(31)12-9-28-25(35-4)30-23(12)34-3)24(33)32(20(21)17-5-6-18(27)38-17)14-8-16-15(7-13(14)26)36-10-37-16/h5-9,11,20H,10H2,1-4H3/t20-/m1/s1. The molecule has 1 aromatic carbocycles. The normalized spacial score (nSPS) is 15.9. The second-order valence-electron chi connectivity index (χ2n) is 8.79. The number of methoxy groups -OCH3 is 2. The molecule has 5 heterocycles. The van der Waals surface area contributed by atoms with Crippen molar-refractivity contribution in [1.29, 1.82) is 0 Å². The molecule has 196 valence electrons. The van der Waals surface area contributed by atoms with Crippen molar-refractivity contribution in [2.24, 2.45) is 0 Å². The maximum absolute atomic E-state index is 14.1. The second kappa shape index (κ2) is 9.33. The van der Waals surface area contributed by atoms with E-state index in [0.717, 1.165) is 4.88 Å². The summed E-state index contributed by atoms with van der Waals surface area (Å²) < 4.78 is 24.3. The minimum absolute atomic E-state index is 0.0856. The van der Waals surface area contributed by atoms with Gasteiger partial charge in [-0.1, -0.05) is 23.2 Å². The lowest BCUT2D eigenvalue weighted by atomic mass is 10.1. The highest BCUT2D eigenvalue weighted by molar-refractivity contribution is 7.16. The van der Waals surface area contributed by atoms with Crippen LogP contribution in [0.5, 0.6) is 23.4 Å². The fraction of sp³-hybridized carbons (Fsp3) is 0.280. The van der Waals surface area contributed by atoms with Gasteiger partial charge in [-0.2, -0.15) is 4.98 Å². The van der Waals surface area contributed by atoms with E-state index in [1.165, 1.54) is 25.6 Å². The van der Waals surface area contributed by atoms with Crippen LogP contribution in [0, 0.1) is 0 Å². The molecule has 0 saturated heterocycles. The molecule has 0 spiro atoms. The highest BCUT2D eigenvalue weighted by Crippen LogP contribution is 2.50. The van der Waals surface area contributed by atoms with Gasteiger partial charge in [0.15, 0.2) is 17.2 Å². The molecule has 13 heteroatoms. The molecule has 4 aromatic rings. The molecule has 0 bridgehead atoms. The lowest BCUT2D eigenvalue weighted by Gasteiger charge is -2.28. The minimum atomic E-state index is -0.554. The molecule has 38 heavy (non-hydrogen) atoms. The number of imidazole rings is 1. The van der Waals surface area contributed by atoms with Crippen molar-refractivity contribution in [2.75, 3.05) is 25.9 Å². The Balaban J connectivity index is 1.59. The summed E-state index contributed by atoms with van der Waals surface area (Å²) in [7, 11) is 2.98. The van der Waals surface area contributed by atoms with Gasteiger partial charge in [-0.05, 0) is 26.0 Å². The minimum Gasteiger partial charge on any atom is -0.480 e. The van der Waals surface area contributed by atoms with Crippen LogP contribution in [0.25, 0.3) is 11.4 Å². The van der Waals surface area contributed by atoms with Crippen molar-refractivity contribution < 1.29 is 23.7 Å². The molecule has 1 atom stereocenters. The summed E-state index contributed by atoms with van der Waals surface area (Å²) in [6.07, 6.45) is 1.58. The number of carbonyl (C=O) groups is 1. The van der Waals surface area contributed by atoms with Crippen molar-refractivity contribution in [1.82, 2.24) is 19.5 Å². The summed E-state index contributed by atoms with van der Waals surface area (Å²) in [5.41, 5.74) is 2.00. The zero-order valence-corrected chi connectivity index (χ0v) is 23.0. The molecule has 0 saturated carbocycles. The molecule has 2 aliphatic heterocycles. The monoisotopic (exact) mass is 573 g/mol. The van der Waals surface area contributed by atoms with E-state index in [9.17, 15) is 4.79 Å². The van der Waals surface area contributed by atoms with Gasteiger partial charge in [0, 0.05) is 29.2 Å². The maximum atomic E-state index is 14.1. The molecule has 0 unspecified atom stereocenters. The van der Waals surface area contributed by atoms with Gasteiger partial charge in [0.2, 0.25) is 12.7 Å². The largest absolute Gasteiger partial charge is 0.480 e. The molecule has 1 amide bonds. The van der Waals surface area contributed by atoms with E-state index in [0.29, 0.717) is 43.6 Å². The van der Waals surface area contributed by atoms with Gasteiger partial charge in [0.05, 0.1) is 40.5 Å². The first-order valence-corrected chi connectivity index (χ1v) is 13.1. The van der Waals surface area contributed by atoms with E-state index in [-0.39, 0.29) is 36.3 Å². The Morgan fingerprint density at radius 1 is 1.11 bits per heavy atom. The topological polar surface area (TPSA) is 101 Å². The third-order valence-corrected chi connectivity index (χ3v) is 7.90. The first kappa shape index (κ1) is 24.8. The van der Waals surface area contributed by atoms with E-state index in [4.69, 9.17) is 47.1 Å². The summed E-state index contributed by atoms with van der Waals surface area (Å²) in [5, 5.41) is 0.349. The maximum Gasteiger partial charge on any atom is 0.319 e. The Hall–Kier alpha value is -3.54.